The van der Waals surface area contributed by atoms with Gasteiger partial charge in [-0.3, -0.25) is 0 Å². The predicted molar refractivity (Wildman–Crippen MR) is 120 cm³/mol. The molecular formula is C28H25F3. The zero-order valence-electron chi connectivity index (χ0n) is 17.2. The van der Waals surface area contributed by atoms with Gasteiger partial charge in [0, 0.05) is 17.3 Å². The van der Waals surface area contributed by atoms with Crippen LogP contribution in [0.4, 0.5) is 13.2 Å². The second-order valence-electron chi connectivity index (χ2n) is 8.75. The van der Waals surface area contributed by atoms with Crippen molar-refractivity contribution < 1.29 is 13.2 Å². The topological polar surface area (TPSA) is 0 Å². The van der Waals surface area contributed by atoms with Crippen molar-refractivity contribution in [3.63, 3.8) is 0 Å². The highest BCUT2D eigenvalue weighted by atomic mass is 19.2. The highest BCUT2D eigenvalue weighted by Crippen LogP contribution is 2.66. The fraction of sp³-hybridized carbons (Fsp3) is 0.286. The summed E-state index contributed by atoms with van der Waals surface area (Å²) in [6.07, 6.45) is 26.9. The van der Waals surface area contributed by atoms with E-state index in [1.54, 1.807) is 12.2 Å². The second-order valence-corrected chi connectivity index (χ2v) is 8.75. The largest absolute Gasteiger partial charge is 0.239 e. The molecule has 5 rings (SSSR count). The normalized spacial score (nSPS) is 38.3. The molecule has 0 aromatic heterocycles. The first-order chi connectivity index (χ1) is 15.1. The smallest absolute Gasteiger partial charge is 0.170 e. The molecule has 1 saturated carbocycles. The molecule has 0 radical (unpaired) electrons. The first-order valence-electron chi connectivity index (χ1n) is 10.9. The SMILES string of the molecule is C=CC1=CCC(C2(C3C=CC(F)=C(F)C3F)C3=CCC=CC=C3C3C=CC=CC32)C=C1. The first kappa shape index (κ1) is 20.1. The summed E-state index contributed by atoms with van der Waals surface area (Å²) in [7, 11) is 0. The molecule has 6 unspecified atom stereocenters. The maximum Gasteiger partial charge on any atom is 0.170 e. The summed E-state index contributed by atoms with van der Waals surface area (Å²) in [5, 5.41) is 0. The van der Waals surface area contributed by atoms with E-state index in [-0.39, 0.29) is 17.8 Å². The van der Waals surface area contributed by atoms with Gasteiger partial charge in [-0.1, -0.05) is 85.6 Å². The molecule has 5 aliphatic rings. The van der Waals surface area contributed by atoms with Crippen molar-refractivity contribution in [2.75, 3.05) is 0 Å². The number of halogens is 3. The molecule has 0 spiro atoms. The van der Waals surface area contributed by atoms with Gasteiger partial charge in [-0.05, 0) is 47.5 Å². The Hall–Kier alpha value is -2.81. The lowest BCUT2D eigenvalue weighted by Crippen LogP contribution is -2.47. The van der Waals surface area contributed by atoms with Crippen molar-refractivity contribution in [3.05, 3.63) is 120 Å². The van der Waals surface area contributed by atoms with E-state index in [2.05, 4.69) is 49.1 Å². The van der Waals surface area contributed by atoms with E-state index in [0.717, 1.165) is 29.2 Å². The molecule has 0 bridgehead atoms. The third-order valence-corrected chi connectivity index (χ3v) is 7.46. The molecule has 0 saturated heterocycles. The quantitative estimate of drug-likeness (QED) is 0.445. The third kappa shape index (κ3) is 2.90. The summed E-state index contributed by atoms with van der Waals surface area (Å²) in [5.74, 6) is -3.22. The van der Waals surface area contributed by atoms with Crippen molar-refractivity contribution in [3.8, 4) is 0 Å². The Balaban J connectivity index is 1.74. The maximum absolute atomic E-state index is 15.6. The minimum Gasteiger partial charge on any atom is -0.239 e. The Morgan fingerprint density at radius 3 is 2.58 bits per heavy atom. The number of hydrogen-bond acceptors (Lipinski definition) is 0. The van der Waals surface area contributed by atoms with Crippen molar-refractivity contribution in [1.29, 1.82) is 0 Å². The predicted octanol–water partition coefficient (Wildman–Crippen LogP) is 7.52. The van der Waals surface area contributed by atoms with Crippen LogP contribution in [0.25, 0.3) is 0 Å². The lowest BCUT2D eigenvalue weighted by Gasteiger charge is -2.49. The van der Waals surface area contributed by atoms with Crippen molar-refractivity contribution >= 4 is 0 Å². The van der Waals surface area contributed by atoms with Gasteiger partial charge in [0.1, 0.15) is 0 Å². The molecule has 5 aliphatic carbocycles. The molecule has 0 heterocycles. The molecule has 0 aliphatic heterocycles. The average Bonchev–Trinajstić information content (AvgIpc) is 2.93. The Morgan fingerprint density at radius 1 is 0.968 bits per heavy atom. The standard InChI is InChI=1S/C28H25F3/c1-2-18-12-14-19(15-13-18)28(24-16-17-25(29)27(31)26(24)30)22-10-5-3-4-8-20(22)21-9-6-7-11-23(21)28/h2-4,6-14,16-17,19,21,23-24,26H,1,5,15H2. The monoisotopic (exact) mass is 418 g/mol. The maximum atomic E-state index is 15.6. The molecule has 3 heteroatoms. The van der Waals surface area contributed by atoms with Gasteiger partial charge in [0.25, 0.3) is 0 Å². The van der Waals surface area contributed by atoms with E-state index in [0.29, 0.717) is 6.42 Å². The van der Waals surface area contributed by atoms with Gasteiger partial charge in [0.2, 0.25) is 0 Å². The van der Waals surface area contributed by atoms with Crippen LogP contribution < -0.4 is 0 Å². The van der Waals surface area contributed by atoms with Gasteiger partial charge in [0.15, 0.2) is 17.8 Å². The number of rotatable bonds is 3. The zero-order valence-corrected chi connectivity index (χ0v) is 17.2. The minimum absolute atomic E-state index is 0.0447. The third-order valence-electron chi connectivity index (χ3n) is 7.46. The molecule has 158 valence electrons. The number of alkyl halides is 1. The molecule has 0 aromatic rings. The molecular weight excluding hydrogens is 393 g/mol. The van der Waals surface area contributed by atoms with Crippen molar-refractivity contribution in [2.24, 2.45) is 29.1 Å². The highest BCUT2D eigenvalue weighted by Gasteiger charge is 2.61. The molecule has 0 amide bonds. The number of hydrogen-bond donors (Lipinski definition) is 0. The summed E-state index contributed by atoms with van der Waals surface area (Å²) in [6.45, 7) is 3.85. The van der Waals surface area contributed by atoms with Crippen LogP contribution in [0.3, 0.4) is 0 Å². The molecule has 0 nitrogen and oxygen atoms in total. The summed E-state index contributed by atoms with van der Waals surface area (Å²) in [4.78, 5) is 0. The van der Waals surface area contributed by atoms with Crippen LogP contribution in [-0.2, 0) is 0 Å². The molecule has 0 aromatic carbocycles. The van der Waals surface area contributed by atoms with E-state index in [1.807, 2.05) is 24.3 Å². The Morgan fingerprint density at radius 2 is 1.81 bits per heavy atom. The van der Waals surface area contributed by atoms with E-state index in [9.17, 15) is 8.78 Å². The molecule has 31 heavy (non-hydrogen) atoms. The summed E-state index contributed by atoms with van der Waals surface area (Å²) in [5.41, 5.74) is 2.53. The highest BCUT2D eigenvalue weighted by molar-refractivity contribution is 5.56. The fourth-order valence-electron chi connectivity index (χ4n) is 6.20. The van der Waals surface area contributed by atoms with Crippen molar-refractivity contribution in [1.82, 2.24) is 0 Å². The second kappa shape index (κ2) is 7.71. The van der Waals surface area contributed by atoms with Crippen LogP contribution in [-0.4, -0.2) is 6.17 Å². The number of fused-ring (bicyclic) bond motifs is 3. The van der Waals surface area contributed by atoms with Gasteiger partial charge in [0.05, 0.1) is 0 Å². The lowest BCUT2D eigenvalue weighted by molar-refractivity contribution is 0.0677. The van der Waals surface area contributed by atoms with Gasteiger partial charge < -0.3 is 0 Å². The summed E-state index contributed by atoms with van der Waals surface area (Å²) >= 11 is 0. The van der Waals surface area contributed by atoms with Crippen LogP contribution in [0, 0.1) is 29.1 Å². The van der Waals surface area contributed by atoms with E-state index < -0.39 is 29.2 Å². The van der Waals surface area contributed by atoms with Crippen LogP contribution in [0.1, 0.15) is 12.8 Å². The lowest BCUT2D eigenvalue weighted by atomic mass is 9.54. The average molecular weight is 419 g/mol. The molecule has 6 atom stereocenters. The first-order valence-corrected chi connectivity index (χ1v) is 10.9. The van der Waals surface area contributed by atoms with Crippen LogP contribution in [0.2, 0.25) is 0 Å². The number of allylic oxidation sites excluding steroid dienone is 19. The Labute approximate surface area is 181 Å². The van der Waals surface area contributed by atoms with Crippen LogP contribution >= 0.6 is 0 Å². The van der Waals surface area contributed by atoms with E-state index >= 15 is 4.39 Å². The van der Waals surface area contributed by atoms with Crippen LogP contribution in [0.15, 0.2) is 120 Å². The van der Waals surface area contributed by atoms with E-state index in [1.165, 1.54) is 0 Å². The van der Waals surface area contributed by atoms with Crippen molar-refractivity contribution in [2.45, 2.75) is 19.0 Å². The van der Waals surface area contributed by atoms with Gasteiger partial charge >= 0.3 is 0 Å². The molecule has 0 N–H and O–H groups in total. The van der Waals surface area contributed by atoms with Gasteiger partial charge in [-0.15, -0.1) is 0 Å². The Bertz CT molecular complexity index is 1070. The summed E-state index contributed by atoms with van der Waals surface area (Å²) in [6, 6.07) is 0. The zero-order chi connectivity index (χ0) is 21.6. The van der Waals surface area contributed by atoms with Crippen LogP contribution in [0.5, 0.6) is 0 Å². The molecule has 1 fully saturated rings. The Kier molecular flexibility index (Phi) is 5.00. The minimum atomic E-state index is -2.01. The van der Waals surface area contributed by atoms with Gasteiger partial charge in [-0.2, -0.15) is 0 Å². The fourth-order valence-corrected chi connectivity index (χ4v) is 6.20. The summed E-state index contributed by atoms with van der Waals surface area (Å²) < 4.78 is 44.2. The van der Waals surface area contributed by atoms with E-state index in [4.69, 9.17) is 0 Å². The van der Waals surface area contributed by atoms with Gasteiger partial charge in [-0.25, -0.2) is 13.2 Å².